The Morgan fingerprint density at radius 1 is 1.03 bits per heavy atom. The molecule has 1 atom stereocenters. The van der Waals surface area contributed by atoms with E-state index < -0.39 is 21.9 Å². The van der Waals surface area contributed by atoms with Crippen LogP contribution in [0, 0.1) is 11.7 Å². The molecule has 39 heavy (non-hydrogen) atoms. The second-order valence-corrected chi connectivity index (χ2v) is 13.0. The van der Waals surface area contributed by atoms with E-state index in [1.807, 2.05) is 30.3 Å². The first-order valence-electron chi connectivity index (χ1n) is 13.1. The third kappa shape index (κ3) is 6.31. The van der Waals surface area contributed by atoms with Crippen LogP contribution in [0.2, 0.25) is 0 Å². The van der Waals surface area contributed by atoms with Gasteiger partial charge < -0.3 is 10.2 Å². The summed E-state index contributed by atoms with van der Waals surface area (Å²) in [5.41, 5.74) is 2.35. The van der Waals surface area contributed by atoms with Gasteiger partial charge in [-0.25, -0.2) is 22.8 Å². The van der Waals surface area contributed by atoms with Gasteiger partial charge in [-0.15, -0.1) is 0 Å². The molecule has 3 aromatic rings. The zero-order valence-corrected chi connectivity index (χ0v) is 24.1. The van der Waals surface area contributed by atoms with Gasteiger partial charge in [0.2, 0.25) is 21.9 Å². The molecular formula is C28H31BrFN5O3S. The Balaban J connectivity index is 1.35. The lowest BCUT2D eigenvalue weighted by Gasteiger charge is -2.30. The summed E-state index contributed by atoms with van der Waals surface area (Å²) in [4.78, 5) is 25.0. The van der Waals surface area contributed by atoms with Crippen molar-refractivity contribution in [1.82, 2.24) is 19.6 Å². The highest BCUT2D eigenvalue weighted by Gasteiger charge is 2.39. The third-order valence-corrected chi connectivity index (χ3v) is 9.80. The molecule has 1 amide bonds. The number of nitrogens with one attached hydrogen (secondary N) is 1. The Labute approximate surface area is 236 Å². The first-order valence-corrected chi connectivity index (χ1v) is 15.4. The monoisotopic (exact) mass is 615 g/mol. The number of carbonyl (C=O) groups is 1. The number of sulfonamides is 1. The topological polar surface area (TPSA) is 95.5 Å². The number of nitrogens with zero attached hydrogens (tertiary/aromatic N) is 4. The van der Waals surface area contributed by atoms with Gasteiger partial charge in [-0.1, -0.05) is 35.0 Å². The number of carbonyl (C=O) groups excluding carboxylic acids is 1. The van der Waals surface area contributed by atoms with Crippen LogP contribution in [-0.4, -0.2) is 54.3 Å². The molecule has 0 spiro atoms. The summed E-state index contributed by atoms with van der Waals surface area (Å²) in [6, 6.07) is 13.6. The van der Waals surface area contributed by atoms with Crippen LogP contribution in [0.4, 0.5) is 10.3 Å². The van der Waals surface area contributed by atoms with Crippen LogP contribution in [0.5, 0.6) is 0 Å². The minimum atomic E-state index is -3.93. The van der Waals surface area contributed by atoms with Crippen molar-refractivity contribution in [3.63, 3.8) is 0 Å². The quantitative estimate of drug-likeness (QED) is 0.412. The van der Waals surface area contributed by atoms with E-state index in [2.05, 4.69) is 33.1 Å². The maximum absolute atomic E-state index is 13.3. The molecule has 0 bridgehead atoms. The van der Waals surface area contributed by atoms with Crippen molar-refractivity contribution < 1.29 is 17.6 Å². The van der Waals surface area contributed by atoms with E-state index in [0.717, 1.165) is 53.8 Å². The van der Waals surface area contributed by atoms with Crippen molar-refractivity contribution in [2.45, 2.75) is 50.1 Å². The van der Waals surface area contributed by atoms with E-state index in [1.54, 1.807) is 0 Å². The number of anilines is 1. The summed E-state index contributed by atoms with van der Waals surface area (Å²) in [7, 11) is -3.93. The standard InChI is InChI=1S/C28H31BrFN5O3S/c1-19-12-15-34(16-13-19)28-32-23(17-25(33-28)20-4-6-21(29)7-5-20)18-31-27(36)26-3-2-14-35(26)39(37,38)24-10-8-22(30)9-11-24/h4-11,17,19,26H,2-3,12-16,18H2,1H3,(H,31,36). The van der Waals surface area contributed by atoms with Gasteiger partial charge in [-0.3, -0.25) is 4.79 Å². The molecule has 2 aliphatic heterocycles. The molecule has 1 aromatic heterocycles. The molecule has 0 radical (unpaired) electrons. The van der Waals surface area contributed by atoms with E-state index in [4.69, 9.17) is 9.97 Å². The number of halogens is 2. The SMILES string of the molecule is CC1CCN(c2nc(CNC(=O)C3CCCN3S(=O)(=O)c3ccc(F)cc3)cc(-c3ccc(Br)cc3)n2)CC1. The molecule has 0 aliphatic carbocycles. The van der Waals surface area contributed by atoms with E-state index in [9.17, 15) is 17.6 Å². The molecule has 5 rings (SSSR count). The van der Waals surface area contributed by atoms with E-state index >= 15 is 0 Å². The fourth-order valence-electron chi connectivity index (χ4n) is 5.02. The number of rotatable bonds is 7. The average molecular weight is 617 g/mol. The minimum absolute atomic E-state index is 0.0287. The molecule has 11 heteroatoms. The number of piperidine rings is 1. The molecule has 0 saturated carbocycles. The maximum atomic E-state index is 13.3. The maximum Gasteiger partial charge on any atom is 0.243 e. The van der Waals surface area contributed by atoms with E-state index in [1.165, 1.54) is 16.4 Å². The molecule has 2 aromatic carbocycles. The van der Waals surface area contributed by atoms with Crippen LogP contribution in [0.1, 0.15) is 38.3 Å². The number of amides is 1. The molecule has 8 nitrogen and oxygen atoms in total. The Morgan fingerprint density at radius 2 is 1.72 bits per heavy atom. The van der Waals surface area contributed by atoms with E-state index in [-0.39, 0.29) is 23.9 Å². The summed E-state index contributed by atoms with van der Waals surface area (Å²) in [6.45, 7) is 4.36. The van der Waals surface area contributed by atoms with Gasteiger partial charge >= 0.3 is 0 Å². The van der Waals surface area contributed by atoms with Crippen molar-refractivity contribution >= 4 is 37.8 Å². The van der Waals surface area contributed by atoms with Crippen molar-refractivity contribution in [2.24, 2.45) is 5.92 Å². The summed E-state index contributed by atoms with van der Waals surface area (Å²) in [5, 5.41) is 2.91. The summed E-state index contributed by atoms with van der Waals surface area (Å²) < 4.78 is 41.9. The highest BCUT2D eigenvalue weighted by atomic mass is 79.9. The normalized spacial score (nSPS) is 18.8. The minimum Gasteiger partial charge on any atom is -0.349 e. The van der Waals surface area contributed by atoms with Crippen LogP contribution in [-0.2, 0) is 21.4 Å². The molecule has 2 saturated heterocycles. The van der Waals surface area contributed by atoms with Crippen molar-refractivity contribution in [1.29, 1.82) is 0 Å². The van der Waals surface area contributed by atoms with Gasteiger partial charge in [0, 0.05) is 29.7 Å². The lowest BCUT2D eigenvalue weighted by molar-refractivity contribution is -0.124. The van der Waals surface area contributed by atoms with E-state index in [0.29, 0.717) is 30.4 Å². The first-order chi connectivity index (χ1) is 18.7. The number of hydrogen-bond donors (Lipinski definition) is 1. The molecule has 2 aliphatic rings. The van der Waals surface area contributed by atoms with Crippen LogP contribution in [0.15, 0.2) is 64.0 Å². The second kappa shape index (κ2) is 11.7. The van der Waals surface area contributed by atoms with Crippen molar-refractivity contribution in [2.75, 3.05) is 24.5 Å². The summed E-state index contributed by atoms with van der Waals surface area (Å²) in [5.74, 6) is 0.397. The van der Waals surface area contributed by atoms with Crippen molar-refractivity contribution in [3.8, 4) is 11.3 Å². The van der Waals surface area contributed by atoms with Crippen molar-refractivity contribution in [3.05, 3.63) is 70.6 Å². The van der Waals surface area contributed by atoms with Crippen LogP contribution in [0.3, 0.4) is 0 Å². The Kier molecular flexibility index (Phi) is 8.29. The lowest BCUT2D eigenvalue weighted by atomic mass is 10.00. The zero-order valence-electron chi connectivity index (χ0n) is 21.7. The van der Waals surface area contributed by atoms with Gasteiger partial charge in [0.1, 0.15) is 11.9 Å². The van der Waals surface area contributed by atoms with Gasteiger partial charge in [0.15, 0.2) is 0 Å². The first kappa shape index (κ1) is 27.7. The van der Waals surface area contributed by atoms with Gasteiger partial charge in [0.25, 0.3) is 0 Å². The van der Waals surface area contributed by atoms with Gasteiger partial charge in [-0.2, -0.15) is 4.31 Å². The molecule has 3 heterocycles. The predicted molar refractivity (Wildman–Crippen MR) is 151 cm³/mol. The lowest BCUT2D eigenvalue weighted by Crippen LogP contribution is -2.45. The Hall–Kier alpha value is -2.89. The second-order valence-electron chi connectivity index (χ2n) is 10.2. The summed E-state index contributed by atoms with van der Waals surface area (Å²) >= 11 is 3.47. The molecular weight excluding hydrogens is 585 g/mol. The number of hydrogen-bond acceptors (Lipinski definition) is 6. The van der Waals surface area contributed by atoms with Crippen LogP contribution < -0.4 is 10.2 Å². The van der Waals surface area contributed by atoms with Crippen LogP contribution in [0.25, 0.3) is 11.3 Å². The third-order valence-electron chi connectivity index (χ3n) is 7.34. The van der Waals surface area contributed by atoms with Gasteiger partial charge in [-0.05, 0) is 74.1 Å². The average Bonchev–Trinajstić information content (AvgIpc) is 3.44. The Morgan fingerprint density at radius 3 is 2.41 bits per heavy atom. The predicted octanol–water partition coefficient (Wildman–Crippen LogP) is 4.75. The number of benzene rings is 2. The Bertz CT molecular complexity index is 1430. The summed E-state index contributed by atoms with van der Waals surface area (Å²) in [6.07, 6.45) is 3.12. The van der Waals surface area contributed by atoms with Crippen LogP contribution >= 0.6 is 15.9 Å². The fourth-order valence-corrected chi connectivity index (χ4v) is 6.94. The largest absolute Gasteiger partial charge is 0.349 e. The highest BCUT2D eigenvalue weighted by Crippen LogP contribution is 2.28. The molecule has 1 N–H and O–H groups in total. The smallest absolute Gasteiger partial charge is 0.243 e. The fraction of sp³-hybridized carbons (Fsp3) is 0.393. The van der Waals surface area contributed by atoms with Gasteiger partial charge in [0.05, 0.1) is 22.8 Å². The zero-order chi connectivity index (χ0) is 27.6. The highest BCUT2D eigenvalue weighted by molar-refractivity contribution is 9.10. The molecule has 206 valence electrons. The number of aromatic nitrogens is 2. The molecule has 2 fully saturated rings. The molecule has 1 unspecified atom stereocenters.